The summed E-state index contributed by atoms with van der Waals surface area (Å²) in [6.07, 6.45) is 3.99. The van der Waals surface area contributed by atoms with Crippen molar-refractivity contribution in [3.05, 3.63) is 0 Å². The van der Waals surface area contributed by atoms with E-state index in [0.29, 0.717) is 18.1 Å². The molecule has 0 aromatic heterocycles. The highest BCUT2D eigenvalue weighted by molar-refractivity contribution is 4.75. The molecule has 2 rings (SSSR count). The third-order valence-corrected chi connectivity index (χ3v) is 3.88. The number of rotatable bonds is 6. The molecule has 100 valence electrons. The molecule has 0 aromatic carbocycles. The van der Waals surface area contributed by atoms with Crippen LogP contribution in [0, 0.1) is 5.92 Å². The van der Waals surface area contributed by atoms with Crippen LogP contribution in [0.3, 0.4) is 0 Å². The van der Waals surface area contributed by atoms with E-state index in [0.717, 1.165) is 52.3 Å². The molecule has 17 heavy (non-hydrogen) atoms. The first-order valence-corrected chi connectivity index (χ1v) is 6.99. The summed E-state index contributed by atoms with van der Waals surface area (Å²) in [6, 6.07) is 0.550. The molecule has 0 bridgehead atoms. The van der Waals surface area contributed by atoms with Gasteiger partial charge in [0, 0.05) is 19.2 Å². The minimum absolute atomic E-state index is 0.475. The van der Waals surface area contributed by atoms with Gasteiger partial charge >= 0.3 is 0 Å². The number of hydrogen-bond donors (Lipinski definition) is 2. The van der Waals surface area contributed by atoms with Gasteiger partial charge in [-0.3, -0.25) is 0 Å². The second kappa shape index (κ2) is 7.31. The average Bonchev–Trinajstić information content (AvgIpc) is 2.89. The highest BCUT2D eigenvalue weighted by Crippen LogP contribution is 2.16. The molecule has 0 radical (unpaired) electrons. The van der Waals surface area contributed by atoms with Gasteiger partial charge < -0.3 is 20.1 Å². The second-order valence-electron chi connectivity index (χ2n) is 5.19. The Kier molecular flexibility index (Phi) is 5.71. The summed E-state index contributed by atoms with van der Waals surface area (Å²) in [5.74, 6) is 0.689. The molecule has 0 spiro atoms. The molecule has 2 fully saturated rings. The molecular weight excluding hydrogens is 216 g/mol. The first-order valence-electron chi connectivity index (χ1n) is 6.99. The molecule has 2 heterocycles. The maximum Gasteiger partial charge on any atom is 0.0600 e. The Morgan fingerprint density at radius 3 is 2.88 bits per heavy atom. The monoisotopic (exact) mass is 242 g/mol. The van der Waals surface area contributed by atoms with Crippen LogP contribution in [-0.4, -0.2) is 51.6 Å². The van der Waals surface area contributed by atoms with Crippen LogP contribution >= 0.6 is 0 Å². The Bertz CT molecular complexity index is 202. The summed E-state index contributed by atoms with van der Waals surface area (Å²) >= 11 is 0. The fourth-order valence-corrected chi connectivity index (χ4v) is 2.59. The number of hydrogen-bond acceptors (Lipinski definition) is 4. The molecule has 2 aliphatic rings. The van der Waals surface area contributed by atoms with E-state index in [2.05, 4.69) is 17.6 Å². The molecule has 4 nitrogen and oxygen atoms in total. The smallest absolute Gasteiger partial charge is 0.0600 e. The van der Waals surface area contributed by atoms with E-state index in [-0.39, 0.29) is 0 Å². The molecular formula is C13H26N2O2. The van der Waals surface area contributed by atoms with Crippen LogP contribution in [-0.2, 0) is 9.47 Å². The minimum Gasteiger partial charge on any atom is -0.381 e. The minimum atomic E-state index is 0.475. The molecule has 0 aromatic rings. The van der Waals surface area contributed by atoms with E-state index < -0.39 is 0 Å². The van der Waals surface area contributed by atoms with E-state index in [1.54, 1.807) is 0 Å². The van der Waals surface area contributed by atoms with Crippen molar-refractivity contribution in [1.82, 2.24) is 10.6 Å². The van der Waals surface area contributed by atoms with Gasteiger partial charge in [-0.05, 0) is 45.2 Å². The van der Waals surface area contributed by atoms with Gasteiger partial charge in [0.05, 0.1) is 19.3 Å². The zero-order valence-electron chi connectivity index (χ0n) is 10.9. The van der Waals surface area contributed by atoms with Gasteiger partial charge in [-0.1, -0.05) is 0 Å². The molecule has 4 heteroatoms. The summed E-state index contributed by atoms with van der Waals surface area (Å²) in [6.45, 7) is 8.11. The lowest BCUT2D eigenvalue weighted by atomic mass is 10.0. The maximum absolute atomic E-state index is 5.86. The molecule has 2 atom stereocenters. The highest BCUT2D eigenvalue weighted by Gasteiger charge is 2.21. The molecule has 2 unspecified atom stereocenters. The third kappa shape index (κ3) is 4.54. The zero-order chi connectivity index (χ0) is 11.9. The van der Waals surface area contributed by atoms with Gasteiger partial charge in [-0.15, -0.1) is 0 Å². The molecule has 0 amide bonds. The Hall–Kier alpha value is -0.160. The van der Waals surface area contributed by atoms with Gasteiger partial charge in [0.25, 0.3) is 0 Å². The normalized spacial score (nSPS) is 28.4. The van der Waals surface area contributed by atoms with Crippen LogP contribution in [0.2, 0.25) is 0 Å². The molecule has 2 N–H and O–H groups in total. The van der Waals surface area contributed by atoms with Crippen molar-refractivity contribution in [3.63, 3.8) is 0 Å². The van der Waals surface area contributed by atoms with Crippen LogP contribution in [0.5, 0.6) is 0 Å². The van der Waals surface area contributed by atoms with Crippen molar-refractivity contribution in [2.24, 2.45) is 5.92 Å². The zero-order valence-corrected chi connectivity index (χ0v) is 10.9. The summed E-state index contributed by atoms with van der Waals surface area (Å²) in [5.41, 5.74) is 0. The SMILES string of the molecule is CC(NCCOC1CCNCC1)C1CCOC1. The summed E-state index contributed by atoms with van der Waals surface area (Å²) in [4.78, 5) is 0. The van der Waals surface area contributed by atoms with Gasteiger partial charge in [-0.25, -0.2) is 0 Å². The number of piperidine rings is 1. The quantitative estimate of drug-likeness (QED) is 0.675. The van der Waals surface area contributed by atoms with E-state index in [1.165, 1.54) is 6.42 Å². The van der Waals surface area contributed by atoms with Crippen molar-refractivity contribution < 1.29 is 9.47 Å². The van der Waals surface area contributed by atoms with Crippen molar-refractivity contribution in [2.45, 2.75) is 38.3 Å². The highest BCUT2D eigenvalue weighted by atomic mass is 16.5. The predicted molar refractivity (Wildman–Crippen MR) is 68.2 cm³/mol. The van der Waals surface area contributed by atoms with Crippen LogP contribution < -0.4 is 10.6 Å². The van der Waals surface area contributed by atoms with E-state index >= 15 is 0 Å². The lowest BCUT2D eigenvalue weighted by Crippen LogP contribution is -2.38. The van der Waals surface area contributed by atoms with E-state index in [4.69, 9.17) is 9.47 Å². The van der Waals surface area contributed by atoms with Gasteiger partial charge in [-0.2, -0.15) is 0 Å². The molecule has 0 aliphatic carbocycles. The van der Waals surface area contributed by atoms with Crippen molar-refractivity contribution in [1.29, 1.82) is 0 Å². The molecule has 0 saturated carbocycles. The number of nitrogens with one attached hydrogen (secondary N) is 2. The van der Waals surface area contributed by atoms with Crippen LogP contribution in [0.1, 0.15) is 26.2 Å². The summed E-state index contributed by atoms with van der Waals surface area (Å²) < 4.78 is 11.3. The predicted octanol–water partition coefficient (Wildman–Crippen LogP) is 0.770. The summed E-state index contributed by atoms with van der Waals surface area (Å²) in [7, 11) is 0. The lowest BCUT2D eigenvalue weighted by Gasteiger charge is -2.24. The Morgan fingerprint density at radius 1 is 1.35 bits per heavy atom. The second-order valence-corrected chi connectivity index (χ2v) is 5.19. The lowest BCUT2D eigenvalue weighted by molar-refractivity contribution is 0.0332. The first-order chi connectivity index (χ1) is 8.36. The van der Waals surface area contributed by atoms with Crippen LogP contribution in [0.4, 0.5) is 0 Å². The van der Waals surface area contributed by atoms with Crippen molar-refractivity contribution in [3.8, 4) is 0 Å². The van der Waals surface area contributed by atoms with Crippen LogP contribution in [0.25, 0.3) is 0 Å². The van der Waals surface area contributed by atoms with E-state index in [1.807, 2.05) is 0 Å². The topological polar surface area (TPSA) is 42.5 Å². The largest absolute Gasteiger partial charge is 0.381 e. The van der Waals surface area contributed by atoms with Crippen LogP contribution in [0.15, 0.2) is 0 Å². The average molecular weight is 242 g/mol. The first kappa shape index (κ1) is 13.3. The number of ether oxygens (including phenoxy) is 2. The standard InChI is InChI=1S/C13H26N2O2/c1-11(12-4-8-16-10-12)15-7-9-17-13-2-5-14-6-3-13/h11-15H,2-10H2,1H3. The maximum atomic E-state index is 5.86. The fraction of sp³-hybridized carbons (Fsp3) is 1.00. The third-order valence-electron chi connectivity index (χ3n) is 3.88. The van der Waals surface area contributed by atoms with Gasteiger partial charge in [0.2, 0.25) is 0 Å². The molecule has 2 saturated heterocycles. The fourth-order valence-electron chi connectivity index (χ4n) is 2.59. The van der Waals surface area contributed by atoms with E-state index in [9.17, 15) is 0 Å². The summed E-state index contributed by atoms with van der Waals surface area (Å²) in [5, 5.41) is 6.89. The Balaban J connectivity index is 1.50. The molecule has 2 aliphatic heterocycles. The van der Waals surface area contributed by atoms with Crippen molar-refractivity contribution >= 4 is 0 Å². The van der Waals surface area contributed by atoms with Crippen molar-refractivity contribution in [2.75, 3.05) is 39.5 Å². The van der Waals surface area contributed by atoms with Gasteiger partial charge in [0.15, 0.2) is 0 Å². The van der Waals surface area contributed by atoms with Gasteiger partial charge in [0.1, 0.15) is 0 Å². The Labute approximate surface area is 104 Å². The Morgan fingerprint density at radius 2 is 2.18 bits per heavy atom.